The predicted molar refractivity (Wildman–Crippen MR) is 129 cm³/mol. The van der Waals surface area contributed by atoms with Crippen molar-refractivity contribution in [2.24, 2.45) is 0 Å². The summed E-state index contributed by atoms with van der Waals surface area (Å²) in [5, 5.41) is 19.7. The largest absolute Gasteiger partial charge is 0.480 e. The Kier molecular flexibility index (Phi) is 12.8. The van der Waals surface area contributed by atoms with E-state index in [2.05, 4.69) is 6.92 Å². The number of likely N-dealkylation sites (tertiary alicyclic amines) is 2. The molecule has 33 heavy (non-hydrogen) atoms. The molecule has 2 aliphatic heterocycles. The Morgan fingerprint density at radius 1 is 0.758 bits per heavy atom. The number of rotatable bonds is 16. The van der Waals surface area contributed by atoms with Crippen LogP contribution in [0, 0.1) is 0 Å². The number of carbonyl (C=O) groups excluding carboxylic acids is 2. The van der Waals surface area contributed by atoms with E-state index in [1.54, 1.807) is 0 Å². The number of unbranched alkanes of at least 4 members (excludes halogenated alkanes) is 12. The molecule has 3 atom stereocenters. The summed E-state index contributed by atoms with van der Waals surface area (Å²) in [6.45, 7) is 2.98. The topological polar surface area (TPSA) is 98.2 Å². The fourth-order valence-corrected chi connectivity index (χ4v) is 5.25. The summed E-state index contributed by atoms with van der Waals surface area (Å²) in [5.74, 6) is -1.53. The normalized spacial score (nSPS) is 22.8. The zero-order valence-electron chi connectivity index (χ0n) is 20.7. The highest BCUT2D eigenvalue weighted by Crippen LogP contribution is 2.26. The van der Waals surface area contributed by atoms with Gasteiger partial charge in [0.05, 0.1) is 6.10 Å². The molecule has 2 amide bonds. The predicted octanol–water partition coefficient (Wildman–Crippen LogP) is 4.51. The molecule has 2 saturated heterocycles. The fourth-order valence-electron chi connectivity index (χ4n) is 5.25. The Labute approximate surface area is 199 Å². The molecule has 2 heterocycles. The zero-order chi connectivity index (χ0) is 24.1. The molecule has 0 bridgehead atoms. The van der Waals surface area contributed by atoms with Gasteiger partial charge in [0.15, 0.2) is 0 Å². The highest BCUT2D eigenvalue weighted by Gasteiger charge is 2.46. The zero-order valence-corrected chi connectivity index (χ0v) is 20.7. The van der Waals surface area contributed by atoms with Crippen LogP contribution >= 0.6 is 0 Å². The molecule has 2 fully saturated rings. The third kappa shape index (κ3) is 8.91. The van der Waals surface area contributed by atoms with Crippen LogP contribution in [0.15, 0.2) is 0 Å². The van der Waals surface area contributed by atoms with Gasteiger partial charge in [0, 0.05) is 19.5 Å². The fraction of sp³-hybridized carbons (Fsp3) is 0.885. The molecule has 0 saturated carbocycles. The maximum absolute atomic E-state index is 13.0. The second kappa shape index (κ2) is 15.3. The van der Waals surface area contributed by atoms with Crippen molar-refractivity contribution in [3.05, 3.63) is 0 Å². The molecule has 0 aromatic rings. The highest BCUT2D eigenvalue weighted by molar-refractivity contribution is 5.91. The maximum Gasteiger partial charge on any atom is 0.326 e. The summed E-state index contributed by atoms with van der Waals surface area (Å²) in [6.07, 6.45) is 17.1. The average Bonchev–Trinajstić information content (AvgIpc) is 3.43. The molecule has 2 N–H and O–H groups in total. The second-order valence-electron chi connectivity index (χ2n) is 9.91. The number of carboxylic acid groups (broad SMARTS) is 1. The molecule has 0 aromatic heterocycles. The lowest BCUT2D eigenvalue weighted by Crippen LogP contribution is -2.54. The summed E-state index contributed by atoms with van der Waals surface area (Å²) < 4.78 is 0. The van der Waals surface area contributed by atoms with Crippen LogP contribution in [-0.4, -0.2) is 69.1 Å². The Bertz CT molecular complexity index is 611. The van der Waals surface area contributed by atoms with Crippen LogP contribution in [0.4, 0.5) is 0 Å². The molecule has 2 rings (SSSR count). The number of carbonyl (C=O) groups is 3. The molecule has 0 aromatic carbocycles. The van der Waals surface area contributed by atoms with Gasteiger partial charge in [-0.2, -0.15) is 0 Å². The van der Waals surface area contributed by atoms with Crippen LogP contribution in [-0.2, 0) is 14.4 Å². The summed E-state index contributed by atoms with van der Waals surface area (Å²) in [5.41, 5.74) is 0. The van der Waals surface area contributed by atoms with Crippen LogP contribution in [0.25, 0.3) is 0 Å². The van der Waals surface area contributed by atoms with E-state index < -0.39 is 30.1 Å². The lowest BCUT2D eigenvalue weighted by atomic mass is 10.0. The number of carboxylic acids is 1. The lowest BCUT2D eigenvalue weighted by molar-refractivity contribution is -0.153. The molecule has 190 valence electrons. The van der Waals surface area contributed by atoms with E-state index in [1.165, 1.54) is 74.0 Å². The van der Waals surface area contributed by atoms with E-state index in [-0.39, 0.29) is 5.91 Å². The standard InChI is InChI=1S/C26H46N2O5/c1-2-3-4-5-6-7-8-9-10-11-12-13-14-17-23(30)28-20-18-22(29)24(28)25(31)27-19-15-16-21(27)26(32)33/h21-22,24,29H,2-20H2,1H3,(H,32,33)/t21-,22?,24-/m0/s1. The van der Waals surface area contributed by atoms with E-state index in [9.17, 15) is 24.6 Å². The highest BCUT2D eigenvalue weighted by atomic mass is 16.4. The third-order valence-electron chi connectivity index (χ3n) is 7.25. The first kappa shape index (κ1) is 27.6. The molecule has 7 nitrogen and oxygen atoms in total. The first-order chi connectivity index (χ1) is 16.0. The van der Waals surface area contributed by atoms with Gasteiger partial charge in [0.2, 0.25) is 11.8 Å². The number of aliphatic hydroxyl groups is 1. The van der Waals surface area contributed by atoms with Crippen molar-refractivity contribution >= 4 is 17.8 Å². The van der Waals surface area contributed by atoms with Gasteiger partial charge >= 0.3 is 5.97 Å². The Balaban J connectivity index is 1.60. The van der Waals surface area contributed by atoms with Crippen molar-refractivity contribution in [1.82, 2.24) is 9.80 Å². The molecule has 2 aliphatic rings. The molecular formula is C26H46N2O5. The minimum atomic E-state index is -1.02. The van der Waals surface area contributed by atoms with Gasteiger partial charge in [-0.3, -0.25) is 9.59 Å². The van der Waals surface area contributed by atoms with Crippen LogP contribution in [0.2, 0.25) is 0 Å². The van der Waals surface area contributed by atoms with Crippen molar-refractivity contribution in [2.75, 3.05) is 13.1 Å². The summed E-state index contributed by atoms with van der Waals surface area (Å²) >= 11 is 0. The minimum absolute atomic E-state index is 0.0981. The van der Waals surface area contributed by atoms with Crippen molar-refractivity contribution in [3.63, 3.8) is 0 Å². The van der Waals surface area contributed by atoms with E-state index >= 15 is 0 Å². The number of aliphatic carboxylic acids is 1. The van der Waals surface area contributed by atoms with Gasteiger partial charge in [-0.05, 0) is 25.7 Å². The van der Waals surface area contributed by atoms with Crippen molar-refractivity contribution < 1.29 is 24.6 Å². The van der Waals surface area contributed by atoms with E-state index in [0.717, 1.165) is 19.3 Å². The van der Waals surface area contributed by atoms with Gasteiger partial charge in [-0.15, -0.1) is 0 Å². The van der Waals surface area contributed by atoms with Gasteiger partial charge in [0.1, 0.15) is 12.1 Å². The molecule has 1 unspecified atom stereocenters. The second-order valence-corrected chi connectivity index (χ2v) is 9.91. The monoisotopic (exact) mass is 466 g/mol. The number of aliphatic hydroxyl groups excluding tert-OH is 1. The van der Waals surface area contributed by atoms with E-state index in [4.69, 9.17) is 0 Å². The average molecular weight is 467 g/mol. The lowest BCUT2D eigenvalue weighted by Gasteiger charge is -2.31. The van der Waals surface area contributed by atoms with Gasteiger partial charge in [-0.25, -0.2) is 4.79 Å². The van der Waals surface area contributed by atoms with Crippen LogP contribution in [0.1, 0.15) is 116 Å². The minimum Gasteiger partial charge on any atom is -0.480 e. The summed E-state index contributed by atoms with van der Waals surface area (Å²) in [4.78, 5) is 40.0. The number of amides is 2. The van der Waals surface area contributed by atoms with Crippen molar-refractivity contribution in [3.8, 4) is 0 Å². The van der Waals surface area contributed by atoms with Crippen molar-refractivity contribution in [1.29, 1.82) is 0 Å². The molecule has 0 spiro atoms. The van der Waals surface area contributed by atoms with Crippen LogP contribution in [0.5, 0.6) is 0 Å². The quantitative estimate of drug-likeness (QED) is 0.326. The van der Waals surface area contributed by atoms with E-state index in [1.807, 2.05) is 0 Å². The number of nitrogens with zero attached hydrogens (tertiary/aromatic N) is 2. The molecule has 0 aliphatic carbocycles. The van der Waals surface area contributed by atoms with Gasteiger partial charge < -0.3 is 20.0 Å². The van der Waals surface area contributed by atoms with Crippen LogP contribution < -0.4 is 0 Å². The van der Waals surface area contributed by atoms with Gasteiger partial charge in [0.25, 0.3) is 0 Å². The van der Waals surface area contributed by atoms with E-state index in [0.29, 0.717) is 38.8 Å². The van der Waals surface area contributed by atoms with Gasteiger partial charge in [-0.1, -0.05) is 84.0 Å². The Morgan fingerprint density at radius 2 is 1.30 bits per heavy atom. The smallest absolute Gasteiger partial charge is 0.326 e. The summed E-state index contributed by atoms with van der Waals surface area (Å²) in [7, 11) is 0. The Hall–Kier alpha value is -1.63. The molecular weight excluding hydrogens is 420 g/mol. The SMILES string of the molecule is CCCCCCCCCCCCCCCC(=O)N1CCC(O)[C@H]1C(=O)N1CCC[C@H]1C(=O)O. The van der Waals surface area contributed by atoms with Crippen LogP contribution in [0.3, 0.4) is 0 Å². The maximum atomic E-state index is 13.0. The third-order valence-corrected chi connectivity index (χ3v) is 7.25. The molecule has 7 heteroatoms. The van der Waals surface area contributed by atoms with Crippen molar-refractivity contribution in [2.45, 2.75) is 134 Å². The summed E-state index contributed by atoms with van der Waals surface area (Å²) in [6, 6.07) is -1.78. The number of hydrogen-bond donors (Lipinski definition) is 2. The first-order valence-corrected chi connectivity index (χ1v) is 13.5. The molecule has 0 radical (unpaired) electrons. The first-order valence-electron chi connectivity index (χ1n) is 13.5. The number of hydrogen-bond acceptors (Lipinski definition) is 4. The Morgan fingerprint density at radius 3 is 1.85 bits per heavy atom.